The average molecular weight is 248 g/mol. The second kappa shape index (κ2) is 5.52. The van der Waals surface area contributed by atoms with Gasteiger partial charge in [0, 0.05) is 26.6 Å². The number of carbonyl (C=O) groups is 1. The normalized spacial score (nSPS) is 13.6. The zero-order valence-electron chi connectivity index (χ0n) is 10.4. The average Bonchev–Trinajstić information content (AvgIpc) is 2.71. The van der Waals surface area contributed by atoms with Gasteiger partial charge < -0.3 is 20.3 Å². The first-order valence-electron chi connectivity index (χ1n) is 5.99. The fourth-order valence-electron chi connectivity index (χ4n) is 2.21. The van der Waals surface area contributed by atoms with Gasteiger partial charge in [0.2, 0.25) is 5.91 Å². The maximum Gasteiger partial charge on any atom is 0.492 e. The van der Waals surface area contributed by atoms with E-state index in [1.165, 1.54) is 6.92 Å². The van der Waals surface area contributed by atoms with E-state index in [9.17, 15) is 9.82 Å². The van der Waals surface area contributed by atoms with Crippen molar-refractivity contribution in [3.8, 4) is 0 Å². The van der Waals surface area contributed by atoms with Gasteiger partial charge in [-0.1, -0.05) is 18.2 Å². The molecular formula is C12H17BN2O3. The Morgan fingerprint density at radius 2 is 2.39 bits per heavy atom. The van der Waals surface area contributed by atoms with Crippen LogP contribution in [0.25, 0.3) is 0 Å². The molecule has 0 unspecified atom stereocenters. The highest BCUT2D eigenvalue weighted by Crippen LogP contribution is 2.14. The van der Waals surface area contributed by atoms with Crippen LogP contribution in [0, 0.1) is 0 Å². The summed E-state index contributed by atoms with van der Waals surface area (Å²) in [5.74, 6) is -0.0218. The number of rotatable bonds is 4. The van der Waals surface area contributed by atoms with Crippen LogP contribution in [0.5, 0.6) is 0 Å². The van der Waals surface area contributed by atoms with E-state index in [1.807, 2.05) is 18.2 Å². The first-order valence-corrected chi connectivity index (χ1v) is 5.99. The standard InChI is InChI=1S/C12H17BN2O3/c1-9(16)15(6-5-14)7-10-3-2-4-11-8-18-13(17)12(10)11/h2-4,17H,5-8,14H2,1H3. The fraction of sp³-hybridized carbons (Fsp3) is 0.417. The van der Waals surface area contributed by atoms with Crippen molar-refractivity contribution in [2.45, 2.75) is 20.1 Å². The van der Waals surface area contributed by atoms with Gasteiger partial charge in [0.25, 0.3) is 0 Å². The molecular weight excluding hydrogens is 231 g/mol. The number of hydrogen-bond acceptors (Lipinski definition) is 4. The molecule has 0 atom stereocenters. The SMILES string of the molecule is CC(=O)N(CCN)Cc1cccc2c1B(O)OC2. The highest BCUT2D eigenvalue weighted by atomic mass is 16.5. The summed E-state index contributed by atoms with van der Waals surface area (Å²) in [6, 6.07) is 5.75. The van der Waals surface area contributed by atoms with Crippen molar-refractivity contribution in [3.05, 3.63) is 29.3 Å². The van der Waals surface area contributed by atoms with E-state index in [-0.39, 0.29) is 5.91 Å². The van der Waals surface area contributed by atoms with Crippen LogP contribution >= 0.6 is 0 Å². The van der Waals surface area contributed by atoms with Gasteiger partial charge in [-0.2, -0.15) is 0 Å². The molecule has 96 valence electrons. The Bertz CT molecular complexity index is 453. The maximum absolute atomic E-state index is 11.5. The van der Waals surface area contributed by atoms with E-state index >= 15 is 0 Å². The lowest BCUT2D eigenvalue weighted by Crippen LogP contribution is -2.38. The topological polar surface area (TPSA) is 75.8 Å². The third-order valence-electron chi connectivity index (χ3n) is 3.14. The first kappa shape index (κ1) is 13.1. The number of fused-ring (bicyclic) bond motifs is 1. The summed E-state index contributed by atoms with van der Waals surface area (Å²) < 4.78 is 5.19. The molecule has 0 saturated heterocycles. The van der Waals surface area contributed by atoms with Gasteiger partial charge in [-0.15, -0.1) is 0 Å². The molecule has 1 aromatic rings. The van der Waals surface area contributed by atoms with Gasteiger partial charge in [0.1, 0.15) is 0 Å². The summed E-state index contributed by atoms with van der Waals surface area (Å²) in [6.45, 7) is 3.33. The van der Waals surface area contributed by atoms with Crippen LogP contribution in [0.15, 0.2) is 18.2 Å². The third-order valence-corrected chi connectivity index (χ3v) is 3.14. The largest absolute Gasteiger partial charge is 0.492 e. The van der Waals surface area contributed by atoms with Crippen LogP contribution in [-0.4, -0.2) is 36.0 Å². The highest BCUT2D eigenvalue weighted by molar-refractivity contribution is 6.62. The molecule has 3 N–H and O–H groups in total. The maximum atomic E-state index is 11.5. The predicted molar refractivity (Wildman–Crippen MR) is 69.0 cm³/mol. The van der Waals surface area contributed by atoms with Crippen molar-refractivity contribution in [2.75, 3.05) is 13.1 Å². The monoisotopic (exact) mass is 248 g/mol. The van der Waals surface area contributed by atoms with E-state index in [4.69, 9.17) is 10.4 Å². The van der Waals surface area contributed by atoms with Crippen molar-refractivity contribution in [1.82, 2.24) is 4.90 Å². The smallest absolute Gasteiger partial charge is 0.423 e. The Balaban J connectivity index is 2.24. The molecule has 1 aliphatic rings. The lowest BCUT2D eigenvalue weighted by Gasteiger charge is -2.21. The Morgan fingerprint density at radius 1 is 1.61 bits per heavy atom. The van der Waals surface area contributed by atoms with Gasteiger partial charge in [0.15, 0.2) is 0 Å². The Morgan fingerprint density at radius 3 is 3.06 bits per heavy atom. The number of hydrogen-bond donors (Lipinski definition) is 2. The number of carbonyl (C=O) groups excluding carboxylic acids is 1. The van der Waals surface area contributed by atoms with Crippen LogP contribution in [0.1, 0.15) is 18.1 Å². The minimum absolute atomic E-state index is 0.0218. The molecule has 6 heteroatoms. The van der Waals surface area contributed by atoms with Gasteiger partial charge >= 0.3 is 7.12 Å². The van der Waals surface area contributed by atoms with Crippen molar-refractivity contribution in [1.29, 1.82) is 0 Å². The third kappa shape index (κ3) is 2.55. The first-order chi connectivity index (χ1) is 8.63. The molecule has 0 spiro atoms. The zero-order valence-corrected chi connectivity index (χ0v) is 10.4. The quantitative estimate of drug-likeness (QED) is 0.685. The summed E-state index contributed by atoms with van der Waals surface area (Å²) in [5, 5.41) is 9.79. The molecule has 0 bridgehead atoms. The summed E-state index contributed by atoms with van der Waals surface area (Å²) in [5.41, 5.74) is 8.19. The van der Waals surface area contributed by atoms with Crippen LogP contribution < -0.4 is 11.2 Å². The highest BCUT2D eigenvalue weighted by Gasteiger charge is 2.30. The molecule has 1 amide bonds. The Labute approximate surface area is 107 Å². The van der Waals surface area contributed by atoms with Gasteiger partial charge in [0.05, 0.1) is 6.61 Å². The Kier molecular flexibility index (Phi) is 4.01. The molecule has 5 nitrogen and oxygen atoms in total. The van der Waals surface area contributed by atoms with E-state index in [0.29, 0.717) is 26.2 Å². The van der Waals surface area contributed by atoms with Crippen LogP contribution in [0.4, 0.5) is 0 Å². The summed E-state index contributed by atoms with van der Waals surface area (Å²) in [4.78, 5) is 13.2. The molecule has 0 aliphatic carbocycles. The molecule has 0 aromatic heterocycles. The van der Waals surface area contributed by atoms with Crippen molar-refractivity contribution in [3.63, 3.8) is 0 Å². The van der Waals surface area contributed by atoms with Crippen molar-refractivity contribution < 1.29 is 14.5 Å². The van der Waals surface area contributed by atoms with Gasteiger partial charge in [-0.25, -0.2) is 0 Å². The van der Waals surface area contributed by atoms with Crippen molar-refractivity contribution >= 4 is 18.5 Å². The second-order valence-corrected chi connectivity index (χ2v) is 4.38. The molecule has 1 heterocycles. The minimum Gasteiger partial charge on any atom is -0.423 e. The zero-order chi connectivity index (χ0) is 13.1. The van der Waals surface area contributed by atoms with E-state index < -0.39 is 7.12 Å². The molecule has 0 radical (unpaired) electrons. The summed E-state index contributed by atoms with van der Waals surface area (Å²) >= 11 is 0. The molecule has 1 aliphatic heterocycles. The minimum atomic E-state index is -0.886. The van der Waals surface area contributed by atoms with E-state index in [1.54, 1.807) is 4.90 Å². The molecule has 18 heavy (non-hydrogen) atoms. The number of nitrogens with zero attached hydrogens (tertiary/aromatic N) is 1. The number of amides is 1. The molecule has 0 fully saturated rings. The fourth-order valence-corrected chi connectivity index (χ4v) is 2.21. The van der Waals surface area contributed by atoms with Crippen LogP contribution in [0.3, 0.4) is 0 Å². The van der Waals surface area contributed by atoms with E-state index in [0.717, 1.165) is 16.6 Å². The molecule has 1 aromatic carbocycles. The van der Waals surface area contributed by atoms with Crippen LogP contribution in [0.2, 0.25) is 0 Å². The lowest BCUT2D eigenvalue weighted by molar-refractivity contribution is -0.129. The molecule has 2 rings (SSSR count). The summed E-state index contributed by atoms with van der Waals surface area (Å²) in [7, 11) is -0.886. The van der Waals surface area contributed by atoms with Gasteiger partial charge in [-0.05, 0) is 16.6 Å². The number of nitrogens with two attached hydrogens (primary N) is 1. The second-order valence-electron chi connectivity index (χ2n) is 4.38. The predicted octanol–water partition coefficient (Wildman–Crippen LogP) is -0.788. The van der Waals surface area contributed by atoms with Crippen molar-refractivity contribution in [2.24, 2.45) is 5.73 Å². The number of benzene rings is 1. The Hall–Kier alpha value is -1.37. The summed E-state index contributed by atoms with van der Waals surface area (Å²) in [6.07, 6.45) is 0. The van der Waals surface area contributed by atoms with Gasteiger partial charge in [-0.3, -0.25) is 4.79 Å². The lowest BCUT2D eigenvalue weighted by atomic mass is 9.76. The van der Waals surface area contributed by atoms with Crippen LogP contribution in [-0.2, 0) is 22.6 Å². The molecule has 0 saturated carbocycles. The van der Waals surface area contributed by atoms with E-state index in [2.05, 4.69) is 0 Å².